The Morgan fingerprint density at radius 2 is 1.88 bits per heavy atom. The molecule has 0 unspecified atom stereocenters. The van der Waals surface area contributed by atoms with Crippen molar-refractivity contribution in [1.82, 2.24) is 24.9 Å². The highest BCUT2D eigenvalue weighted by atomic mass is 16.5. The topological polar surface area (TPSA) is 76.4 Å². The van der Waals surface area contributed by atoms with Gasteiger partial charge in [0.25, 0.3) is 5.91 Å². The molecule has 0 atom stereocenters. The number of nitrogens with zero attached hydrogens (tertiary/aromatic N) is 6. The van der Waals surface area contributed by atoms with E-state index in [1.165, 1.54) is 25.5 Å². The van der Waals surface area contributed by atoms with E-state index < -0.39 is 0 Å². The second-order valence-electron chi connectivity index (χ2n) is 6.89. The first-order valence-corrected chi connectivity index (χ1v) is 9.13. The van der Waals surface area contributed by atoms with Crippen molar-refractivity contribution >= 4 is 11.7 Å². The minimum absolute atomic E-state index is 0.0360. The maximum absolute atomic E-state index is 12.8. The van der Waals surface area contributed by atoms with E-state index in [1.54, 1.807) is 17.9 Å². The third kappa shape index (κ3) is 3.11. The van der Waals surface area contributed by atoms with Crippen LogP contribution in [0.15, 0.2) is 12.3 Å². The summed E-state index contributed by atoms with van der Waals surface area (Å²) >= 11 is 0. The second-order valence-corrected chi connectivity index (χ2v) is 6.89. The van der Waals surface area contributed by atoms with Gasteiger partial charge >= 0.3 is 0 Å². The number of carbonyl (C=O) groups is 1. The number of piperazine rings is 1. The van der Waals surface area contributed by atoms with E-state index >= 15 is 0 Å². The van der Waals surface area contributed by atoms with Crippen molar-refractivity contribution in [2.45, 2.75) is 25.7 Å². The quantitative estimate of drug-likeness (QED) is 0.819. The highest BCUT2D eigenvalue weighted by molar-refractivity contribution is 5.96. The standard InChI is InChI=1S/C18H24N6O2/c1-22-12-14(17(21-22)26-2)18(25)24-9-7-23(8-10-24)16-11-13-5-3-4-6-15(13)19-20-16/h11-12H,3-10H2,1-2H3. The predicted octanol–water partition coefficient (Wildman–Crippen LogP) is 1.06. The summed E-state index contributed by atoms with van der Waals surface area (Å²) < 4.78 is 6.82. The van der Waals surface area contributed by atoms with Crippen LogP contribution in [0.3, 0.4) is 0 Å². The van der Waals surface area contributed by atoms with E-state index in [9.17, 15) is 4.79 Å². The van der Waals surface area contributed by atoms with Crippen molar-refractivity contribution in [3.05, 3.63) is 29.1 Å². The van der Waals surface area contributed by atoms with Crippen molar-refractivity contribution < 1.29 is 9.53 Å². The largest absolute Gasteiger partial charge is 0.479 e. The third-order valence-electron chi connectivity index (χ3n) is 5.17. The Morgan fingerprint density at radius 3 is 2.65 bits per heavy atom. The molecule has 2 aromatic heterocycles. The zero-order valence-corrected chi connectivity index (χ0v) is 15.3. The number of anilines is 1. The number of aryl methyl sites for hydroxylation is 3. The zero-order chi connectivity index (χ0) is 18.1. The first-order chi connectivity index (χ1) is 12.7. The molecule has 26 heavy (non-hydrogen) atoms. The van der Waals surface area contributed by atoms with Gasteiger partial charge in [-0.05, 0) is 37.3 Å². The van der Waals surface area contributed by atoms with Gasteiger partial charge < -0.3 is 14.5 Å². The van der Waals surface area contributed by atoms with Gasteiger partial charge in [-0.1, -0.05) is 0 Å². The van der Waals surface area contributed by atoms with Crippen LogP contribution in [-0.2, 0) is 19.9 Å². The zero-order valence-electron chi connectivity index (χ0n) is 15.3. The minimum Gasteiger partial charge on any atom is -0.479 e. The molecule has 1 aliphatic heterocycles. The maximum Gasteiger partial charge on any atom is 0.261 e. The number of hydrogen-bond donors (Lipinski definition) is 0. The van der Waals surface area contributed by atoms with Crippen LogP contribution in [0.4, 0.5) is 5.82 Å². The van der Waals surface area contributed by atoms with Crippen molar-refractivity contribution in [2.75, 3.05) is 38.2 Å². The van der Waals surface area contributed by atoms with Crippen molar-refractivity contribution in [1.29, 1.82) is 0 Å². The molecule has 2 aliphatic rings. The van der Waals surface area contributed by atoms with E-state index in [4.69, 9.17) is 4.74 Å². The Kier molecular flexibility index (Phi) is 4.48. The Bertz CT molecular complexity index is 810. The fraction of sp³-hybridized carbons (Fsp3) is 0.556. The summed E-state index contributed by atoms with van der Waals surface area (Å²) in [6, 6.07) is 2.18. The summed E-state index contributed by atoms with van der Waals surface area (Å²) in [5.41, 5.74) is 2.99. The molecule has 0 radical (unpaired) electrons. The van der Waals surface area contributed by atoms with Gasteiger partial charge in [0.2, 0.25) is 5.88 Å². The van der Waals surface area contributed by atoms with E-state index in [1.807, 2.05) is 4.90 Å². The fourth-order valence-corrected chi connectivity index (χ4v) is 3.71. The number of carbonyl (C=O) groups excluding carboxylic acids is 1. The maximum atomic E-state index is 12.8. The van der Waals surface area contributed by atoms with Crippen molar-refractivity contribution in [2.24, 2.45) is 7.05 Å². The molecule has 138 valence electrons. The van der Waals surface area contributed by atoms with E-state index in [2.05, 4.69) is 26.3 Å². The molecule has 1 fully saturated rings. The molecule has 0 bridgehead atoms. The lowest BCUT2D eigenvalue weighted by molar-refractivity contribution is 0.0743. The van der Waals surface area contributed by atoms with Gasteiger partial charge in [-0.3, -0.25) is 9.48 Å². The highest BCUT2D eigenvalue weighted by Crippen LogP contribution is 2.24. The first-order valence-electron chi connectivity index (χ1n) is 9.13. The SMILES string of the molecule is COc1nn(C)cc1C(=O)N1CCN(c2cc3c(nn2)CCCC3)CC1. The van der Waals surface area contributed by atoms with Gasteiger partial charge in [-0.25, -0.2) is 0 Å². The van der Waals surface area contributed by atoms with Crippen molar-refractivity contribution in [3.8, 4) is 5.88 Å². The summed E-state index contributed by atoms with van der Waals surface area (Å²) in [7, 11) is 3.32. The molecule has 8 heteroatoms. The Labute approximate surface area is 152 Å². The van der Waals surface area contributed by atoms with E-state index in [0.29, 0.717) is 24.5 Å². The number of fused-ring (bicyclic) bond motifs is 1. The molecule has 3 heterocycles. The molecule has 2 aromatic rings. The number of ether oxygens (including phenoxy) is 1. The van der Waals surface area contributed by atoms with E-state index in [-0.39, 0.29) is 5.91 Å². The lowest BCUT2D eigenvalue weighted by Gasteiger charge is -2.35. The molecule has 0 saturated carbocycles. The van der Waals surface area contributed by atoms with Crippen LogP contribution in [0, 0.1) is 0 Å². The van der Waals surface area contributed by atoms with Crippen LogP contribution in [0.2, 0.25) is 0 Å². The Balaban J connectivity index is 1.43. The average molecular weight is 356 g/mol. The van der Waals surface area contributed by atoms with Gasteiger partial charge in [0.05, 0.1) is 12.8 Å². The molecular formula is C18H24N6O2. The summed E-state index contributed by atoms with van der Waals surface area (Å²) in [6.07, 6.45) is 6.28. The van der Waals surface area contributed by atoms with Crippen molar-refractivity contribution in [3.63, 3.8) is 0 Å². The molecule has 4 rings (SSSR count). The molecule has 1 aliphatic carbocycles. The summed E-state index contributed by atoms with van der Waals surface area (Å²) in [6.45, 7) is 2.80. The van der Waals surface area contributed by atoms with Gasteiger partial charge in [0.15, 0.2) is 5.82 Å². The van der Waals surface area contributed by atoms with Crippen LogP contribution in [0.5, 0.6) is 5.88 Å². The monoisotopic (exact) mass is 356 g/mol. The second kappa shape index (κ2) is 6.93. The molecule has 0 spiro atoms. The molecule has 1 saturated heterocycles. The average Bonchev–Trinajstić information content (AvgIpc) is 3.08. The van der Waals surface area contributed by atoms with Crippen LogP contribution < -0.4 is 9.64 Å². The number of aromatic nitrogens is 4. The van der Waals surface area contributed by atoms with Crippen LogP contribution in [-0.4, -0.2) is 64.1 Å². The lowest BCUT2D eigenvalue weighted by atomic mass is 9.97. The molecule has 0 N–H and O–H groups in total. The molecule has 0 aromatic carbocycles. The number of methoxy groups -OCH3 is 1. The normalized spacial score (nSPS) is 17.2. The van der Waals surface area contributed by atoms with Crippen LogP contribution >= 0.6 is 0 Å². The van der Waals surface area contributed by atoms with Crippen LogP contribution in [0.1, 0.15) is 34.5 Å². The van der Waals surface area contributed by atoms with Gasteiger partial charge in [-0.15, -0.1) is 10.2 Å². The number of rotatable bonds is 3. The summed E-state index contributed by atoms with van der Waals surface area (Å²) in [4.78, 5) is 16.8. The summed E-state index contributed by atoms with van der Waals surface area (Å²) in [5.74, 6) is 1.27. The predicted molar refractivity (Wildman–Crippen MR) is 96.6 cm³/mol. The third-order valence-corrected chi connectivity index (χ3v) is 5.17. The Morgan fingerprint density at radius 1 is 1.12 bits per heavy atom. The smallest absolute Gasteiger partial charge is 0.261 e. The first kappa shape index (κ1) is 16.8. The number of amides is 1. The molecule has 8 nitrogen and oxygen atoms in total. The fourth-order valence-electron chi connectivity index (χ4n) is 3.71. The highest BCUT2D eigenvalue weighted by Gasteiger charge is 2.27. The van der Waals surface area contributed by atoms with E-state index in [0.717, 1.165) is 37.4 Å². The van der Waals surface area contributed by atoms with Gasteiger partial charge in [0.1, 0.15) is 5.56 Å². The molecular weight excluding hydrogens is 332 g/mol. The lowest BCUT2D eigenvalue weighted by Crippen LogP contribution is -2.49. The van der Waals surface area contributed by atoms with Crippen LogP contribution in [0.25, 0.3) is 0 Å². The minimum atomic E-state index is -0.0360. The van der Waals surface area contributed by atoms with Gasteiger partial charge in [0, 0.05) is 39.4 Å². The summed E-state index contributed by atoms with van der Waals surface area (Å²) in [5, 5.41) is 13.0. The number of hydrogen-bond acceptors (Lipinski definition) is 6. The Hall–Kier alpha value is -2.64. The molecule has 1 amide bonds. The van der Waals surface area contributed by atoms with Gasteiger partial charge in [-0.2, -0.15) is 5.10 Å².